The van der Waals surface area contributed by atoms with E-state index in [2.05, 4.69) is 10.4 Å². The van der Waals surface area contributed by atoms with Crippen LogP contribution < -0.4 is 10.9 Å². The molecule has 2 aromatic heterocycles. The number of amides is 2. The summed E-state index contributed by atoms with van der Waals surface area (Å²) in [4.78, 5) is 40.0. The van der Waals surface area contributed by atoms with E-state index in [1.54, 1.807) is 33.9 Å². The standard InChI is InChI=1S/C23H33N5O5/c1-13(2)11-27-20-16(9-10-17(29)26(6)12-23(4,5)33)14(3)25-28(20)22(32)18(21(27)31)19(30)24-15-7-8-15/h9-10,13,15,32-33H,7-8,11-12H2,1-6H3,(H,24,30)/b10-9+. The lowest BCUT2D eigenvalue weighted by atomic mass is 10.1. The van der Waals surface area contributed by atoms with Crippen LogP contribution >= 0.6 is 0 Å². The maximum absolute atomic E-state index is 13.3. The summed E-state index contributed by atoms with van der Waals surface area (Å²) < 4.78 is 2.61. The summed E-state index contributed by atoms with van der Waals surface area (Å²) in [6.07, 6.45) is 4.58. The van der Waals surface area contributed by atoms with Crippen molar-refractivity contribution in [1.29, 1.82) is 0 Å². The van der Waals surface area contributed by atoms with Crippen molar-refractivity contribution in [3.05, 3.63) is 33.3 Å². The van der Waals surface area contributed by atoms with Gasteiger partial charge in [0.15, 0.2) is 5.56 Å². The van der Waals surface area contributed by atoms with Gasteiger partial charge in [-0.1, -0.05) is 13.8 Å². The van der Waals surface area contributed by atoms with E-state index in [0.717, 1.165) is 12.8 Å². The largest absolute Gasteiger partial charge is 0.492 e. The molecule has 1 aliphatic carbocycles. The molecule has 0 saturated heterocycles. The normalized spacial score (nSPS) is 14.4. The van der Waals surface area contributed by atoms with Gasteiger partial charge in [-0.3, -0.25) is 19.0 Å². The molecule has 0 aromatic carbocycles. The van der Waals surface area contributed by atoms with Gasteiger partial charge < -0.3 is 20.4 Å². The molecule has 10 nitrogen and oxygen atoms in total. The number of nitrogens with zero attached hydrogens (tertiary/aromatic N) is 4. The Hall–Kier alpha value is -3.14. The number of carbonyl (C=O) groups is 2. The van der Waals surface area contributed by atoms with E-state index in [1.165, 1.54) is 20.1 Å². The van der Waals surface area contributed by atoms with Crippen LogP contribution in [0.1, 0.15) is 62.2 Å². The summed E-state index contributed by atoms with van der Waals surface area (Å²) in [6, 6.07) is 0.0234. The van der Waals surface area contributed by atoms with E-state index in [9.17, 15) is 24.6 Å². The van der Waals surface area contributed by atoms with Gasteiger partial charge in [0.25, 0.3) is 11.5 Å². The van der Waals surface area contributed by atoms with Gasteiger partial charge in [-0.2, -0.15) is 9.61 Å². The quantitative estimate of drug-likeness (QED) is 0.511. The smallest absolute Gasteiger partial charge is 0.270 e. The average Bonchev–Trinajstić information content (AvgIpc) is 3.42. The Labute approximate surface area is 192 Å². The summed E-state index contributed by atoms with van der Waals surface area (Å²) in [5.74, 6) is -1.41. The van der Waals surface area contributed by atoms with Crippen molar-refractivity contribution in [3.63, 3.8) is 0 Å². The molecule has 0 spiro atoms. The van der Waals surface area contributed by atoms with Gasteiger partial charge in [0, 0.05) is 37.8 Å². The molecule has 0 atom stereocenters. The van der Waals surface area contributed by atoms with Crippen molar-refractivity contribution in [1.82, 2.24) is 24.4 Å². The number of hydrogen-bond donors (Lipinski definition) is 3. The first-order chi connectivity index (χ1) is 15.3. The first kappa shape index (κ1) is 24.5. The number of aryl methyl sites for hydroxylation is 1. The Morgan fingerprint density at radius 1 is 1.33 bits per heavy atom. The maximum Gasteiger partial charge on any atom is 0.270 e. The summed E-state index contributed by atoms with van der Waals surface area (Å²) in [6.45, 7) is 9.24. The molecule has 0 bridgehead atoms. The summed E-state index contributed by atoms with van der Waals surface area (Å²) in [5.41, 5.74) is -0.709. The minimum Gasteiger partial charge on any atom is -0.492 e. The second-order valence-electron chi connectivity index (χ2n) is 9.83. The number of hydrogen-bond acceptors (Lipinski definition) is 6. The van der Waals surface area contributed by atoms with E-state index in [0.29, 0.717) is 23.4 Å². The highest BCUT2D eigenvalue weighted by Gasteiger charge is 2.30. The molecule has 33 heavy (non-hydrogen) atoms. The Bertz CT molecular complexity index is 1160. The number of nitrogens with one attached hydrogen (secondary N) is 1. The van der Waals surface area contributed by atoms with Crippen molar-refractivity contribution in [2.45, 2.75) is 65.6 Å². The lowest BCUT2D eigenvalue weighted by Gasteiger charge is -2.24. The van der Waals surface area contributed by atoms with Gasteiger partial charge in [-0.15, -0.1) is 0 Å². The fourth-order valence-electron chi connectivity index (χ4n) is 3.72. The first-order valence-electron chi connectivity index (χ1n) is 11.1. The molecular formula is C23H33N5O5. The Balaban J connectivity index is 2.11. The number of rotatable bonds is 8. The monoisotopic (exact) mass is 459 g/mol. The zero-order valence-corrected chi connectivity index (χ0v) is 20.0. The number of aliphatic hydroxyl groups is 1. The van der Waals surface area contributed by atoms with Crippen LogP contribution in [-0.4, -0.2) is 66.3 Å². The van der Waals surface area contributed by atoms with Crippen LogP contribution in [0.4, 0.5) is 0 Å². The molecule has 3 N–H and O–H groups in total. The van der Waals surface area contributed by atoms with E-state index in [-0.39, 0.29) is 30.0 Å². The zero-order valence-electron chi connectivity index (χ0n) is 20.0. The molecule has 0 unspecified atom stereocenters. The Morgan fingerprint density at radius 2 is 1.97 bits per heavy atom. The molecule has 0 aliphatic heterocycles. The van der Waals surface area contributed by atoms with E-state index >= 15 is 0 Å². The van der Waals surface area contributed by atoms with Crippen LogP contribution in [0.3, 0.4) is 0 Å². The Kier molecular flexibility index (Phi) is 6.69. The molecule has 0 radical (unpaired) electrons. The third kappa shape index (κ3) is 5.44. The molecule has 3 rings (SSSR count). The zero-order chi connectivity index (χ0) is 24.7. The maximum atomic E-state index is 13.3. The SMILES string of the molecule is Cc1nn2c(O)c(C(=O)NC3CC3)c(=O)n(CC(C)C)c2c1/C=C/C(=O)N(C)CC(C)(C)O. The number of aromatic hydroxyl groups is 1. The van der Waals surface area contributed by atoms with E-state index < -0.39 is 22.9 Å². The molecule has 1 saturated carbocycles. The molecule has 1 fully saturated rings. The van der Waals surface area contributed by atoms with Crippen LogP contribution in [-0.2, 0) is 11.3 Å². The highest BCUT2D eigenvalue weighted by atomic mass is 16.3. The fourth-order valence-corrected chi connectivity index (χ4v) is 3.72. The summed E-state index contributed by atoms with van der Waals surface area (Å²) in [7, 11) is 1.58. The van der Waals surface area contributed by atoms with Crippen LogP contribution in [0, 0.1) is 12.8 Å². The Morgan fingerprint density at radius 3 is 2.52 bits per heavy atom. The second kappa shape index (κ2) is 9.01. The predicted molar refractivity (Wildman–Crippen MR) is 124 cm³/mol. The molecule has 180 valence electrons. The van der Waals surface area contributed by atoms with Gasteiger partial charge in [0.1, 0.15) is 5.65 Å². The predicted octanol–water partition coefficient (Wildman–Crippen LogP) is 1.30. The van der Waals surface area contributed by atoms with Crippen molar-refractivity contribution < 1.29 is 19.8 Å². The van der Waals surface area contributed by atoms with Crippen LogP contribution in [0.25, 0.3) is 11.7 Å². The van der Waals surface area contributed by atoms with Crippen molar-refractivity contribution in [3.8, 4) is 5.88 Å². The van der Waals surface area contributed by atoms with Crippen molar-refractivity contribution in [2.24, 2.45) is 5.92 Å². The first-order valence-corrected chi connectivity index (χ1v) is 11.1. The van der Waals surface area contributed by atoms with Gasteiger partial charge in [-0.05, 0) is 45.6 Å². The molecule has 1 aliphatic rings. The van der Waals surface area contributed by atoms with Crippen LogP contribution in [0.2, 0.25) is 0 Å². The molecular weight excluding hydrogens is 426 g/mol. The van der Waals surface area contributed by atoms with E-state index in [1.807, 2.05) is 13.8 Å². The number of likely N-dealkylation sites (N-methyl/N-ethyl adjacent to an activating group) is 1. The van der Waals surface area contributed by atoms with Crippen LogP contribution in [0.5, 0.6) is 5.88 Å². The molecule has 2 aromatic rings. The minimum atomic E-state index is -1.04. The third-order valence-electron chi connectivity index (χ3n) is 5.30. The van der Waals surface area contributed by atoms with E-state index in [4.69, 9.17) is 0 Å². The highest BCUT2D eigenvalue weighted by molar-refractivity contribution is 5.97. The minimum absolute atomic E-state index is 0.0234. The van der Waals surface area contributed by atoms with Crippen LogP contribution in [0.15, 0.2) is 10.9 Å². The average molecular weight is 460 g/mol. The third-order valence-corrected chi connectivity index (χ3v) is 5.30. The van der Waals surface area contributed by atoms with Crippen molar-refractivity contribution in [2.75, 3.05) is 13.6 Å². The van der Waals surface area contributed by atoms with Gasteiger partial charge >= 0.3 is 0 Å². The summed E-state index contributed by atoms with van der Waals surface area (Å²) >= 11 is 0. The van der Waals surface area contributed by atoms with Gasteiger partial charge in [-0.25, -0.2) is 0 Å². The lowest BCUT2D eigenvalue weighted by Crippen LogP contribution is -2.38. The van der Waals surface area contributed by atoms with Gasteiger partial charge in [0.05, 0.1) is 11.3 Å². The molecule has 2 amide bonds. The number of aromatic nitrogens is 3. The topological polar surface area (TPSA) is 129 Å². The fraction of sp³-hybridized carbons (Fsp3) is 0.565. The van der Waals surface area contributed by atoms with Gasteiger partial charge in [0.2, 0.25) is 11.8 Å². The summed E-state index contributed by atoms with van der Waals surface area (Å²) in [5, 5.41) is 27.9. The highest BCUT2D eigenvalue weighted by Crippen LogP contribution is 2.25. The second-order valence-corrected chi connectivity index (χ2v) is 9.83. The lowest BCUT2D eigenvalue weighted by molar-refractivity contribution is -0.127. The number of fused-ring (bicyclic) bond motifs is 1. The van der Waals surface area contributed by atoms with Crippen molar-refractivity contribution >= 4 is 23.5 Å². The molecule has 10 heteroatoms. The number of carbonyl (C=O) groups excluding carboxylic acids is 2. The molecule has 2 heterocycles.